The molecule has 0 spiro atoms. The molecule has 2 aromatic rings. The third-order valence-corrected chi connectivity index (χ3v) is 3.27. The van der Waals surface area contributed by atoms with Crippen LogP contribution in [-0.4, -0.2) is 27.5 Å². The standard InChI is InChI=1S/C15H18N6.HI/c16-15(21-13-3-1-2-7-17-13)18-8-6-11-9-19-14(20-10-11)12-4-5-12;/h1-3,7,9-10,12H,4-6,8H2,(H3,16,17,18,21);1H. The van der Waals surface area contributed by atoms with Crippen molar-refractivity contribution in [3.63, 3.8) is 0 Å². The normalized spacial score (nSPS) is 14.3. The summed E-state index contributed by atoms with van der Waals surface area (Å²) in [4.78, 5) is 17.2. The van der Waals surface area contributed by atoms with Gasteiger partial charge in [-0.1, -0.05) is 6.07 Å². The van der Waals surface area contributed by atoms with Gasteiger partial charge in [-0.15, -0.1) is 24.0 Å². The maximum atomic E-state index is 5.81. The highest BCUT2D eigenvalue weighted by atomic mass is 127. The molecule has 2 heterocycles. The van der Waals surface area contributed by atoms with E-state index in [1.54, 1.807) is 6.20 Å². The number of nitrogens with two attached hydrogens (primary N) is 1. The Labute approximate surface area is 146 Å². The summed E-state index contributed by atoms with van der Waals surface area (Å²) in [6.07, 6.45) is 8.69. The van der Waals surface area contributed by atoms with E-state index in [2.05, 4.69) is 25.3 Å². The number of nitrogens with zero attached hydrogens (tertiary/aromatic N) is 4. The van der Waals surface area contributed by atoms with E-state index in [9.17, 15) is 0 Å². The first kappa shape index (κ1) is 16.6. The summed E-state index contributed by atoms with van der Waals surface area (Å²) < 4.78 is 0. The number of halogens is 1. The minimum Gasteiger partial charge on any atom is -0.370 e. The van der Waals surface area contributed by atoms with Crippen molar-refractivity contribution in [3.8, 4) is 0 Å². The molecule has 0 unspecified atom stereocenters. The number of aromatic nitrogens is 3. The number of rotatable bonds is 5. The van der Waals surface area contributed by atoms with Gasteiger partial charge in [0.05, 0.1) is 0 Å². The minimum absolute atomic E-state index is 0. The number of anilines is 1. The number of hydrogen-bond acceptors (Lipinski definition) is 4. The Morgan fingerprint density at radius 2 is 2.00 bits per heavy atom. The average molecular weight is 410 g/mol. The summed E-state index contributed by atoms with van der Waals surface area (Å²) in [7, 11) is 0. The van der Waals surface area contributed by atoms with Gasteiger partial charge < -0.3 is 11.1 Å². The molecule has 0 aromatic carbocycles. The molecule has 0 atom stereocenters. The molecule has 1 aliphatic rings. The molecule has 116 valence electrons. The molecule has 7 heteroatoms. The molecule has 0 aliphatic heterocycles. The number of aliphatic imine (C=N–C) groups is 1. The minimum atomic E-state index is 0. The molecule has 0 bridgehead atoms. The van der Waals surface area contributed by atoms with Crippen LogP contribution in [0.4, 0.5) is 5.82 Å². The van der Waals surface area contributed by atoms with Crippen LogP contribution in [0.15, 0.2) is 41.8 Å². The second-order valence-corrected chi connectivity index (χ2v) is 5.08. The van der Waals surface area contributed by atoms with E-state index in [4.69, 9.17) is 5.73 Å². The number of guanidine groups is 1. The van der Waals surface area contributed by atoms with Crippen LogP contribution in [-0.2, 0) is 6.42 Å². The molecule has 3 N–H and O–H groups in total. The Kier molecular flexibility index (Phi) is 6.05. The highest BCUT2D eigenvalue weighted by molar-refractivity contribution is 14.0. The molecule has 6 nitrogen and oxygen atoms in total. The monoisotopic (exact) mass is 410 g/mol. The molecule has 22 heavy (non-hydrogen) atoms. The van der Waals surface area contributed by atoms with Crippen LogP contribution in [0, 0.1) is 0 Å². The fraction of sp³-hybridized carbons (Fsp3) is 0.333. The van der Waals surface area contributed by atoms with Gasteiger partial charge in [0, 0.05) is 31.1 Å². The van der Waals surface area contributed by atoms with Crippen molar-refractivity contribution in [2.45, 2.75) is 25.2 Å². The van der Waals surface area contributed by atoms with Crippen molar-refractivity contribution in [2.24, 2.45) is 10.7 Å². The molecule has 1 fully saturated rings. The van der Waals surface area contributed by atoms with E-state index in [0.717, 1.165) is 17.8 Å². The predicted octanol–water partition coefficient (Wildman–Crippen LogP) is 2.34. The van der Waals surface area contributed by atoms with Gasteiger partial charge in [0.1, 0.15) is 11.6 Å². The van der Waals surface area contributed by atoms with E-state index in [1.165, 1.54) is 12.8 Å². The summed E-state index contributed by atoms with van der Waals surface area (Å²) in [5, 5.41) is 2.95. The van der Waals surface area contributed by atoms with Crippen molar-refractivity contribution in [1.29, 1.82) is 0 Å². The Balaban J connectivity index is 0.00000176. The average Bonchev–Trinajstić information content (AvgIpc) is 3.34. The maximum absolute atomic E-state index is 5.81. The van der Waals surface area contributed by atoms with Gasteiger partial charge in [-0.05, 0) is 37.0 Å². The predicted molar refractivity (Wildman–Crippen MR) is 97.5 cm³/mol. The summed E-state index contributed by atoms with van der Waals surface area (Å²) >= 11 is 0. The van der Waals surface area contributed by atoms with E-state index in [0.29, 0.717) is 24.2 Å². The summed E-state index contributed by atoms with van der Waals surface area (Å²) in [6.45, 7) is 0.595. The van der Waals surface area contributed by atoms with Crippen LogP contribution < -0.4 is 11.1 Å². The van der Waals surface area contributed by atoms with Crippen LogP contribution in [0.25, 0.3) is 0 Å². The Morgan fingerprint density at radius 1 is 1.23 bits per heavy atom. The van der Waals surface area contributed by atoms with Crippen molar-refractivity contribution in [1.82, 2.24) is 15.0 Å². The van der Waals surface area contributed by atoms with Gasteiger partial charge in [0.15, 0.2) is 5.96 Å². The highest BCUT2D eigenvalue weighted by Crippen LogP contribution is 2.37. The van der Waals surface area contributed by atoms with E-state index in [-0.39, 0.29) is 24.0 Å². The first-order valence-electron chi connectivity index (χ1n) is 7.10. The largest absolute Gasteiger partial charge is 0.370 e. The summed E-state index contributed by atoms with van der Waals surface area (Å²) in [5.41, 5.74) is 6.89. The van der Waals surface area contributed by atoms with Crippen molar-refractivity contribution < 1.29 is 0 Å². The van der Waals surface area contributed by atoms with Gasteiger partial charge in [-0.25, -0.2) is 15.0 Å². The first-order chi connectivity index (χ1) is 10.3. The molecule has 0 amide bonds. The van der Waals surface area contributed by atoms with Gasteiger partial charge in [-0.2, -0.15) is 0 Å². The number of hydrogen-bond donors (Lipinski definition) is 2. The smallest absolute Gasteiger partial charge is 0.194 e. The van der Waals surface area contributed by atoms with Crippen LogP contribution >= 0.6 is 24.0 Å². The van der Waals surface area contributed by atoms with E-state index >= 15 is 0 Å². The van der Waals surface area contributed by atoms with Gasteiger partial charge in [0.2, 0.25) is 0 Å². The zero-order chi connectivity index (χ0) is 14.5. The fourth-order valence-electron chi connectivity index (χ4n) is 1.96. The molecular weight excluding hydrogens is 391 g/mol. The lowest BCUT2D eigenvalue weighted by Crippen LogP contribution is -2.23. The fourth-order valence-corrected chi connectivity index (χ4v) is 1.96. The number of pyridine rings is 1. The quantitative estimate of drug-likeness (QED) is 0.449. The molecule has 3 rings (SSSR count). The Bertz CT molecular complexity index is 610. The van der Waals surface area contributed by atoms with Crippen LogP contribution in [0.1, 0.15) is 30.1 Å². The van der Waals surface area contributed by atoms with Crippen molar-refractivity contribution in [3.05, 3.63) is 48.2 Å². The first-order valence-corrected chi connectivity index (χ1v) is 7.10. The lowest BCUT2D eigenvalue weighted by molar-refractivity contribution is 0.881. The second-order valence-electron chi connectivity index (χ2n) is 5.08. The lowest BCUT2D eigenvalue weighted by atomic mass is 10.2. The SMILES string of the molecule is I.NC(=NCCc1cnc(C2CC2)nc1)Nc1ccccn1. The molecule has 0 saturated heterocycles. The summed E-state index contributed by atoms with van der Waals surface area (Å²) in [5.74, 6) is 2.62. The highest BCUT2D eigenvalue weighted by Gasteiger charge is 2.25. The zero-order valence-electron chi connectivity index (χ0n) is 12.1. The third kappa shape index (κ3) is 4.90. The third-order valence-electron chi connectivity index (χ3n) is 3.27. The van der Waals surface area contributed by atoms with Crippen molar-refractivity contribution in [2.75, 3.05) is 11.9 Å². The van der Waals surface area contributed by atoms with Crippen molar-refractivity contribution >= 4 is 35.8 Å². The number of nitrogens with one attached hydrogen (secondary N) is 1. The lowest BCUT2D eigenvalue weighted by Gasteiger charge is -2.04. The topological polar surface area (TPSA) is 89.1 Å². The second kappa shape index (κ2) is 8.02. The maximum Gasteiger partial charge on any atom is 0.194 e. The van der Waals surface area contributed by atoms with Crippen LogP contribution in [0.2, 0.25) is 0 Å². The van der Waals surface area contributed by atoms with Crippen LogP contribution in [0.5, 0.6) is 0 Å². The van der Waals surface area contributed by atoms with Crippen LogP contribution in [0.3, 0.4) is 0 Å². The van der Waals surface area contributed by atoms with Gasteiger partial charge in [-0.3, -0.25) is 4.99 Å². The van der Waals surface area contributed by atoms with Gasteiger partial charge >= 0.3 is 0 Å². The summed E-state index contributed by atoms with van der Waals surface area (Å²) in [6, 6.07) is 5.58. The van der Waals surface area contributed by atoms with Gasteiger partial charge in [0.25, 0.3) is 0 Å². The molecule has 1 saturated carbocycles. The molecule has 0 radical (unpaired) electrons. The Hall–Kier alpha value is -1.77. The zero-order valence-corrected chi connectivity index (χ0v) is 14.5. The van der Waals surface area contributed by atoms with E-state index < -0.39 is 0 Å². The molecular formula is C15H19IN6. The Morgan fingerprint density at radius 3 is 2.64 bits per heavy atom. The van der Waals surface area contributed by atoms with E-state index in [1.807, 2.05) is 30.6 Å². The molecule has 2 aromatic heterocycles. The molecule has 1 aliphatic carbocycles.